The van der Waals surface area contributed by atoms with Crippen LogP contribution in [-0.2, 0) is 9.53 Å². The predicted octanol–water partition coefficient (Wildman–Crippen LogP) is -0.0274. The summed E-state index contributed by atoms with van der Waals surface area (Å²) in [5.74, 6) is -0.344. The van der Waals surface area contributed by atoms with Gasteiger partial charge in [0.25, 0.3) is 5.91 Å². The molecule has 0 bridgehead atoms. The van der Waals surface area contributed by atoms with E-state index in [4.69, 9.17) is 10.5 Å². The van der Waals surface area contributed by atoms with Gasteiger partial charge in [0.1, 0.15) is 0 Å². The second-order valence-corrected chi connectivity index (χ2v) is 3.76. The molecule has 1 unspecified atom stereocenters. The Balaban J connectivity index is 2.76. The van der Waals surface area contributed by atoms with Gasteiger partial charge in [-0.1, -0.05) is 0 Å². The third kappa shape index (κ3) is 2.19. The van der Waals surface area contributed by atoms with Crippen LogP contribution in [0.3, 0.4) is 0 Å². The summed E-state index contributed by atoms with van der Waals surface area (Å²) in [6.45, 7) is 1.62. The number of amides is 1. The molecule has 1 aliphatic rings. The Morgan fingerprint density at radius 1 is 1.54 bits per heavy atom. The topological polar surface area (TPSA) is 55.6 Å². The van der Waals surface area contributed by atoms with E-state index in [0.29, 0.717) is 6.54 Å². The summed E-state index contributed by atoms with van der Waals surface area (Å²) in [6, 6.07) is 0. The Bertz CT molecular complexity index is 196. The molecule has 1 saturated heterocycles. The second-order valence-electron chi connectivity index (χ2n) is 3.76. The van der Waals surface area contributed by atoms with Crippen molar-refractivity contribution in [3.63, 3.8) is 0 Å². The molecule has 1 atom stereocenters. The Kier molecular flexibility index (Phi) is 3.27. The van der Waals surface area contributed by atoms with Crippen molar-refractivity contribution < 1.29 is 9.53 Å². The van der Waals surface area contributed by atoms with E-state index in [0.717, 1.165) is 25.8 Å². The van der Waals surface area contributed by atoms with Crippen LogP contribution in [0.5, 0.6) is 0 Å². The van der Waals surface area contributed by atoms with Gasteiger partial charge in [-0.15, -0.1) is 0 Å². The first-order valence-electron chi connectivity index (χ1n) is 4.64. The number of ether oxygens (including phenoxy) is 1. The Morgan fingerprint density at radius 3 is 2.77 bits per heavy atom. The van der Waals surface area contributed by atoms with Gasteiger partial charge in [-0.3, -0.25) is 4.79 Å². The van der Waals surface area contributed by atoms with Crippen molar-refractivity contribution in [2.24, 2.45) is 5.73 Å². The van der Waals surface area contributed by atoms with E-state index >= 15 is 0 Å². The van der Waals surface area contributed by atoms with Crippen LogP contribution >= 0.6 is 0 Å². The SMILES string of the molecule is COC1(C(N)=O)CCCCN(C)C1. The van der Waals surface area contributed by atoms with Crippen molar-refractivity contribution in [3.8, 4) is 0 Å². The van der Waals surface area contributed by atoms with Crippen LogP contribution in [0.4, 0.5) is 0 Å². The number of primary amides is 1. The quantitative estimate of drug-likeness (QED) is 0.659. The van der Waals surface area contributed by atoms with Crippen molar-refractivity contribution in [1.82, 2.24) is 4.90 Å². The zero-order valence-corrected chi connectivity index (χ0v) is 8.38. The van der Waals surface area contributed by atoms with E-state index in [2.05, 4.69) is 4.90 Å². The summed E-state index contributed by atoms with van der Waals surface area (Å²) in [4.78, 5) is 13.4. The van der Waals surface area contributed by atoms with Gasteiger partial charge in [-0.2, -0.15) is 0 Å². The highest BCUT2D eigenvalue weighted by molar-refractivity contribution is 5.83. The van der Waals surface area contributed by atoms with Gasteiger partial charge in [0, 0.05) is 13.7 Å². The third-order valence-corrected chi connectivity index (χ3v) is 2.74. The van der Waals surface area contributed by atoms with Crippen LogP contribution in [0.15, 0.2) is 0 Å². The maximum Gasteiger partial charge on any atom is 0.251 e. The number of hydrogen-bond donors (Lipinski definition) is 1. The average molecular weight is 186 g/mol. The minimum atomic E-state index is -0.759. The molecular formula is C9H18N2O2. The van der Waals surface area contributed by atoms with Crippen LogP contribution in [0.25, 0.3) is 0 Å². The van der Waals surface area contributed by atoms with Crippen LogP contribution in [-0.4, -0.2) is 43.7 Å². The van der Waals surface area contributed by atoms with Crippen molar-refractivity contribution in [2.75, 3.05) is 27.2 Å². The van der Waals surface area contributed by atoms with Crippen LogP contribution in [0.1, 0.15) is 19.3 Å². The number of methoxy groups -OCH3 is 1. The van der Waals surface area contributed by atoms with Gasteiger partial charge in [-0.05, 0) is 32.9 Å². The van der Waals surface area contributed by atoms with E-state index in [1.54, 1.807) is 7.11 Å². The normalized spacial score (nSPS) is 31.2. The van der Waals surface area contributed by atoms with Crippen LogP contribution < -0.4 is 5.73 Å². The molecule has 1 fully saturated rings. The molecular weight excluding hydrogens is 168 g/mol. The van der Waals surface area contributed by atoms with Crippen LogP contribution in [0, 0.1) is 0 Å². The minimum Gasteiger partial charge on any atom is -0.367 e. The molecule has 1 rings (SSSR count). The van der Waals surface area contributed by atoms with E-state index in [1.807, 2.05) is 7.05 Å². The van der Waals surface area contributed by atoms with Crippen molar-refractivity contribution in [2.45, 2.75) is 24.9 Å². The van der Waals surface area contributed by atoms with Crippen molar-refractivity contribution in [1.29, 1.82) is 0 Å². The smallest absolute Gasteiger partial charge is 0.251 e. The maximum atomic E-state index is 11.3. The zero-order valence-electron chi connectivity index (χ0n) is 8.38. The Labute approximate surface area is 79.0 Å². The monoisotopic (exact) mass is 186 g/mol. The van der Waals surface area contributed by atoms with E-state index in [9.17, 15) is 4.79 Å². The lowest BCUT2D eigenvalue weighted by atomic mass is 9.97. The fourth-order valence-electron chi connectivity index (χ4n) is 1.85. The van der Waals surface area contributed by atoms with Crippen molar-refractivity contribution >= 4 is 5.91 Å². The first-order valence-corrected chi connectivity index (χ1v) is 4.64. The molecule has 4 nitrogen and oxygen atoms in total. The summed E-state index contributed by atoms with van der Waals surface area (Å²) in [5.41, 5.74) is 4.60. The van der Waals surface area contributed by atoms with Gasteiger partial charge in [0.15, 0.2) is 5.60 Å². The maximum absolute atomic E-state index is 11.3. The molecule has 1 amide bonds. The molecule has 0 aromatic rings. The molecule has 1 aliphatic heterocycles. The van der Waals surface area contributed by atoms with Gasteiger partial charge in [0.05, 0.1) is 0 Å². The zero-order chi connectivity index (χ0) is 9.90. The van der Waals surface area contributed by atoms with E-state index in [-0.39, 0.29) is 5.91 Å². The minimum absolute atomic E-state index is 0.344. The second kappa shape index (κ2) is 4.07. The number of carbonyl (C=O) groups is 1. The summed E-state index contributed by atoms with van der Waals surface area (Å²) in [7, 11) is 3.55. The highest BCUT2D eigenvalue weighted by Gasteiger charge is 2.38. The molecule has 1 heterocycles. The van der Waals surface area contributed by atoms with Crippen LogP contribution in [0.2, 0.25) is 0 Å². The summed E-state index contributed by atoms with van der Waals surface area (Å²) >= 11 is 0. The average Bonchev–Trinajstić information content (AvgIpc) is 2.27. The lowest BCUT2D eigenvalue weighted by molar-refractivity contribution is -0.142. The Hall–Kier alpha value is -0.610. The lowest BCUT2D eigenvalue weighted by Gasteiger charge is -2.30. The summed E-state index contributed by atoms with van der Waals surface area (Å²) < 4.78 is 5.27. The summed E-state index contributed by atoms with van der Waals surface area (Å²) in [5, 5.41) is 0. The molecule has 2 N–H and O–H groups in total. The molecule has 0 saturated carbocycles. The molecule has 0 aromatic heterocycles. The van der Waals surface area contributed by atoms with Gasteiger partial charge < -0.3 is 15.4 Å². The largest absolute Gasteiger partial charge is 0.367 e. The number of carbonyl (C=O) groups excluding carboxylic acids is 1. The van der Waals surface area contributed by atoms with Gasteiger partial charge in [-0.25, -0.2) is 0 Å². The fourth-order valence-corrected chi connectivity index (χ4v) is 1.85. The van der Waals surface area contributed by atoms with Gasteiger partial charge >= 0.3 is 0 Å². The molecule has 0 aliphatic carbocycles. The third-order valence-electron chi connectivity index (χ3n) is 2.74. The number of likely N-dealkylation sites (tertiary alicyclic amines) is 1. The van der Waals surface area contributed by atoms with Crippen molar-refractivity contribution in [3.05, 3.63) is 0 Å². The highest BCUT2D eigenvalue weighted by atomic mass is 16.5. The molecule has 0 spiro atoms. The molecule has 0 radical (unpaired) electrons. The first-order chi connectivity index (χ1) is 6.10. The molecule has 4 heteroatoms. The number of nitrogens with zero attached hydrogens (tertiary/aromatic N) is 1. The predicted molar refractivity (Wildman–Crippen MR) is 50.3 cm³/mol. The number of likely N-dealkylation sites (N-methyl/N-ethyl adjacent to an activating group) is 1. The van der Waals surface area contributed by atoms with E-state index < -0.39 is 5.60 Å². The fraction of sp³-hybridized carbons (Fsp3) is 0.889. The lowest BCUT2D eigenvalue weighted by Crippen LogP contribution is -2.51. The number of rotatable bonds is 2. The number of hydrogen-bond acceptors (Lipinski definition) is 3. The Morgan fingerprint density at radius 2 is 2.23 bits per heavy atom. The molecule has 0 aromatic carbocycles. The summed E-state index contributed by atoms with van der Waals surface area (Å²) in [6.07, 6.45) is 2.85. The number of nitrogens with two attached hydrogens (primary N) is 1. The van der Waals surface area contributed by atoms with E-state index in [1.165, 1.54) is 0 Å². The standard InChI is InChI=1S/C9H18N2O2/c1-11-6-4-3-5-9(7-11,13-2)8(10)12/h3-7H2,1-2H3,(H2,10,12). The molecule has 13 heavy (non-hydrogen) atoms. The first kappa shape index (κ1) is 10.5. The van der Waals surface area contributed by atoms with Gasteiger partial charge in [0.2, 0.25) is 0 Å². The highest BCUT2D eigenvalue weighted by Crippen LogP contribution is 2.22. The molecule has 76 valence electrons.